The highest BCUT2D eigenvalue weighted by Gasteiger charge is 1.94. The van der Waals surface area contributed by atoms with E-state index in [1.54, 1.807) is 6.08 Å². The molecule has 0 heterocycles. The lowest BCUT2D eigenvalue weighted by Gasteiger charge is -2.03. The second kappa shape index (κ2) is 18.9. The molecule has 0 rings (SSSR count). The van der Waals surface area contributed by atoms with Crippen molar-refractivity contribution >= 4 is 11.1 Å². The number of rotatable bonds is 17. The first-order chi connectivity index (χ1) is 10.8. The van der Waals surface area contributed by atoms with Crippen LogP contribution < -0.4 is 0 Å². The molecule has 0 bridgehead atoms. The molecule has 0 aliphatic rings. The molecular weight excluding hydrogens is 292 g/mol. The summed E-state index contributed by atoms with van der Waals surface area (Å²) in [5, 5.41) is 1.25. The van der Waals surface area contributed by atoms with Crippen molar-refractivity contribution in [2.24, 2.45) is 0 Å². The Balaban J connectivity index is 3.01. The van der Waals surface area contributed by atoms with E-state index < -0.39 is 11.1 Å². The Labute approximate surface area is 141 Å². The van der Waals surface area contributed by atoms with Crippen molar-refractivity contribution in [1.82, 2.24) is 0 Å². The lowest BCUT2D eigenvalue weighted by molar-refractivity contribution is 0.532. The Hall–Kier alpha value is -0.150. The molecule has 0 saturated carbocycles. The zero-order valence-electron chi connectivity index (χ0n) is 14.7. The van der Waals surface area contributed by atoms with Gasteiger partial charge in [0, 0.05) is 0 Å². The van der Waals surface area contributed by atoms with Crippen LogP contribution in [0.5, 0.6) is 0 Å². The fourth-order valence-electron chi connectivity index (χ4n) is 2.78. The summed E-state index contributed by atoms with van der Waals surface area (Å²) in [7, 11) is 0. The highest BCUT2D eigenvalue weighted by atomic mass is 32.2. The summed E-state index contributed by atoms with van der Waals surface area (Å²) in [4.78, 5) is 0. The van der Waals surface area contributed by atoms with E-state index >= 15 is 0 Å². The lowest BCUT2D eigenvalue weighted by atomic mass is 10.0. The molecule has 22 heavy (non-hydrogen) atoms. The van der Waals surface area contributed by atoms with Crippen LogP contribution in [0.2, 0.25) is 0 Å². The van der Waals surface area contributed by atoms with Gasteiger partial charge in [-0.1, -0.05) is 103 Å². The molecule has 0 N–H and O–H groups in total. The topological polar surface area (TPSA) is 40.1 Å². The van der Waals surface area contributed by atoms with Gasteiger partial charge >= 0.3 is 0 Å². The molecular formula is C19H37O2S-. The highest BCUT2D eigenvalue weighted by Crippen LogP contribution is 2.13. The van der Waals surface area contributed by atoms with E-state index in [0.717, 1.165) is 12.8 Å². The molecule has 0 aromatic carbocycles. The van der Waals surface area contributed by atoms with Gasteiger partial charge in [0.2, 0.25) is 0 Å². The normalized spacial score (nSPS) is 13.0. The van der Waals surface area contributed by atoms with Gasteiger partial charge in [0.05, 0.1) is 0 Å². The summed E-state index contributed by atoms with van der Waals surface area (Å²) >= 11 is -2.01. The average Bonchev–Trinajstić information content (AvgIpc) is 2.50. The summed E-state index contributed by atoms with van der Waals surface area (Å²) < 4.78 is 20.5. The maximum Gasteiger partial charge on any atom is -0.0155 e. The molecule has 0 amide bonds. The number of hydrogen-bond acceptors (Lipinski definition) is 2. The number of unbranched alkanes of at least 4 members (excludes halogenated alkanes) is 15. The van der Waals surface area contributed by atoms with Gasteiger partial charge in [-0.25, -0.2) is 0 Å². The zero-order valence-corrected chi connectivity index (χ0v) is 15.5. The monoisotopic (exact) mass is 329 g/mol. The Kier molecular flexibility index (Phi) is 18.8. The van der Waals surface area contributed by atoms with Gasteiger partial charge in [-0.05, 0) is 29.3 Å². The molecule has 0 aromatic heterocycles. The molecule has 0 fully saturated rings. The minimum absolute atomic E-state index is 0.895. The van der Waals surface area contributed by atoms with Gasteiger partial charge in [0.1, 0.15) is 0 Å². The smallest absolute Gasteiger partial charge is 0.0155 e. The molecule has 0 aliphatic carbocycles. The van der Waals surface area contributed by atoms with E-state index in [4.69, 9.17) is 0 Å². The molecule has 1 atom stereocenters. The molecule has 0 spiro atoms. The van der Waals surface area contributed by atoms with Crippen molar-refractivity contribution in [2.45, 2.75) is 110 Å². The average molecular weight is 330 g/mol. The van der Waals surface area contributed by atoms with E-state index in [1.807, 2.05) is 0 Å². The first kappa shape index (κ1) is 21.9. The summed E-state index contributed by atoms with van der Waals surface area (Å²) in [6.45, 7) is 2.27. The van der Waals surface area contributed by atoms with E-state index in [1.165, 1.54) is 95.3 Å². The third kappa shape index (κ3) is 19.9. The summed E-state index contributed by atoms with van der Waals surface area (Å²) in [5.74, 6) is 0. The van der Waals surface area contributed by atoms with Crippen LogP contribution in [0.3, 0.4) is 0 Å². The van der Waals surface area contributed by atoms with E-state index in [2.05, 4.69) is 6.92 Å². The molecule has 0 saturated heterocycles. The molecule has 0 radical (unpaired) electrons. The zero-order chi connectivity index (χ0) is 16.3. The Morgan fingerprint density at radius 2 is 1.05 bits per heavy atom. The molecule has 2 nitrogen and oxygen atoms in total. The van der Waals surface area contributed by atoms with Crippen molar-refractivity contribution in [2.75, 3.05) is 0 Å². The first-order valence-electron chi connectivity index (χ1n) is 9.52. The van der Waals surface area contributed by atoms with Crippen molar-refractivity contribution in [1.29, 1.82) is 0 Å². The maximum atomic E-state index is 10.3. The van der Waals surface area contributed by atoms with Gasteiger partial charge in [0.15, 0.2) is 0 Å². The Bertz CT molecular complexity index is 264. The fourth-order valence-corrected chi connectivity index (χ4v) is 3.07. The van der Waals surface area contributed by atoms with E-state index in [-0.39, 0.29) is 0 Å². The van der Waals surface area contributed by atoms with Gasteiger partial charge in [-0.15, -0.1) is 0 Å². The SMILES string of the molecule is CCCCCCCCCCCCCCCCCC=CS(=O)[O-]. The molecule has 0 aliphatic heterocycles. The van der Waals surface area contributed by atoms with Crippen molar-refractivity contribution in [3.63, 3.8) is 0 Å². The quantitative estimate of drug-likeness (QED) is 0.221. The van der Waals surface area contributed by atoms with Crippen LogP contribution in [0.25, 0.3) is 0 Å². The predicted octanol–water partition coefficient (Wildman–Crippen LogP) is 6.64. The van der Waals surface area contributed by atoms with E-state index in [9.17, 15) is 8.76 Å². The van der Waals surface area contributed by atoms with Crippen LogP contribution in [0.15, 0.2) is 11.5 Å². The first-order valence-corrected chi connectivity index (χ1v) is 10.7. The summed E-state index contributed by atoms with van der Waals surface area (Å²) in [6, 6.07) is 0. The van der Waals surface area contributed by atoms with Crippen LogP contribution in [-0.4, -0.2) is 8.76 Å². The second-order valence-corrected chi connectivity index (χ2v) is 7.16. The van der Waals surface area contributed by atoms with Crippen molar-refractivity contribution < 1.29 is 8.76 Å². The van der Waals surface area contributed by atoms with Crippen LogP contribution >= 0.6 is 0 Å². The van der Waals surface area contributed by atoms with Crippen LogP contribution in [0.4, 0.5) is 0 Å². The van der Waals surface area contributed by atoms with Gasteiger partial charge in [0.25, 0.3) is 0 Å². The minimum Gasteiger partial charge on any atom is -0.769 e. The third-order valence-corrected chi connectivity index (χ3v) is 4.60. The lowest BCUT2D eigenvalue weighted by Crippen LogP contribution is -1.83. The predicted molar refractivity (Wildman–Crippen MR) is 97.6 cm³/mol. The van der Waals surface area contributed by atoms with Crippen molar-refractivity contribution in [3.05, 3.63) is 11.5 Å². The van der Waals surface area contributed by atoms with Crippen molar-refractivity contribution in [3.8, 4) is 0 Å². The minimum atomic E-state index is -2.01. The summed E-state index contributed by atoms with van der Waals surface area (Å²) in [6.07, 6.45) is 23.2. The molecule has 3 heteroatoms. The molecule has 132 valence electrons. The second-order valence-electron chi connectivity index (χ2n) is 6.37. The maximum absolute atomic E-state index is 10.3. The largest absolute Gasteiger partial charge is 0.769 e. The fraction of sp³-hybridized carbons (Fsp3) is 0.895. The van der Waals surface area contributed by atoms with Gasteiger partial charge < -0.3 is 4.55 Å². The molecule has 0 aromatic rings. The number of hydrogen-bond donors (Lipinski definition) is 0. The standard InChI is InChI=1S/C19H38O2S/c1-2-3-4-5-6-7-8-9-10-11-12-13-14-15-16-17-18-19-22(20)21/h18-19H,2-17H2,1H3,(H,20,21)/p-1. The Morgan fingerprint density at radius 1 is 0.682 bits per heavy atom. The Morgan fingerprint density at radius 3 is 1.41 bits per heavy atom. The highest BCUT2D eigenvalue weighted by molar-refractivity contribution is 7.82. The van der Waals surface area contributed by atoms with Crippen LogP contribution in [0, 0.1) is 0 Å². The van der Waals surface area contributed by atoms with E-state index in [0.29, 0.717) is 0 Å². The van der Waals surface area contributed by atoms with Crippen LogP contribution in [0.1, 0.15) is 110 Å². The van der Waals surface area contributed by atoms with Crippen LogP contribution in [-0.2, 0) is 11.1 Å². The van der Waals surface area contributed by atoms with Gasteiger partial charge in [-0.3, -0.25) is 4.21 Å². The number of allylic oxidation sites excluding steroid dienone is 1. The van der Waals surface area contributed by atoms with Gasteiger partial charge in [-0.2, -0.15) is 0 Å². The summed E-state index contributed by atoms with van der Waals surface area (Å²) in [5.41, 5.74) is 0. The molecule has 1 unspecified atom stereocenters. The third-order valence-electron chi connectivity index (χ3n) is 4.18.